The van der Waals surface area contributed by atoms with Crippen molar-refractivity contribution in [1.29, 1.82) is 0 Å². The van der Waals surface area contributed by atoms with Crippen molar-refractivity contribution in [2.24, 2.45) is 5.92 Å². The summed E-state index contributed by atoms with van der Waals surface area (Å²) < 4.78 is 70.1. The molecular formula is C30H31F5N6O2. The largest absolute Gasteiger partial charge is 0.416 e. The van der Waals surface area contributed by atoms with Crippen molar-refractivity contribution >= 4 is 17.5 Å². The molecule has 1 fully saturated rings. The highest BCUT2D eigenvalue weighted by molar-refractivity contribution is 6.10. The smallest absolute Gasteiger partial charge is 0.339 e. The zero-order chi connectivity index (χ0) is 31.2. The zero-order valence-corrected chi connectivity index (χ0v) is 23.6. The van der Waals surface area contributed by atoms with Gasteiger partial charge in [-0.2, -0.15) is 18.3 Å². The van der Waals surface area contributed by atoms with E-state index in [1.165, 1.54) is 30.5 Å². The van der Waals surface area contributed by atoms with Crippen molar-refractivity contribution in [2.75, 3.05) is 18.0 Å². The molecule has 2 heterocycles. The molecular weight excluding hydrogens is 571 g/mol. The molecule has 1 aliphatic carbocycles. The van der Waals surface area contributed by atoms with Crippen LogP contribution in [0.3, 0.4) is 0 Å². The molecule has 13 heteroatoms. The van der Waals surface area contributed by atoms with Crippen LogP contribution in [-0.4, -0.2) is 46.0 Å². The lowest BCUT2D eigenvalue weighted by Crippen LogP contribution is -2.43. The zero-order valence-electron chi connectivity index (χ0n) is 23.6. The first-order valence-corrected chi connectivity index (χ1v) is 13.6. The number of anilines is 1. The summed E-state index contributed by atoms with van der Waals surface area (Å²) >= 11 is 0. The van der Waals surface area contributed by atoms with Gasteiger partial charge in [0.25, 0.3) is 17.7 Å². The maximum Gasteiger partial charge on any atom is 0.416 e. The average Bonchev–Trinajstić information content (AvgIpc) is 3.62. The summed E-state index contributed by atoms with van der Waals surface area (Å²) in [5, 5.41) is 10.4. The second kappa shape index (κ2) is 13.3. The minimum absolute atomic E-state index is 0.0557. The number of hydrogen-bond donors (Lipinski definition) is 3. The van der Waals surface area contributed by atoms with E-state index in [1.54, 1.807) is 12.1 Å². The number of amides is 2. The van der Waals surface area contributed by atoms with Crippen LogP contribution in [0.5, 0.6) is 0 Å². The van der Waals surface area contributed by atoms with Crippen molar-refractivity contribution in [3.63, 3.8) is 0 Å². The Bertz CT molecular complexity index is 1470. The molecule has 0 spiro atoms. The Hall–Kier alpha value is -4.31. The maximum atomic E-state index is 14.1. The van der Waals surface area contributed by atoms with Crippen LogP contribution in [0.2, 0.25) is 0 Å². The molecule has 5 rings (SSSR count). The summed E-state index contributed by atoms with van der Waals surface area (Å²) in [4.78, 5) is 29.4. The van der Waals surface area contributed by atoms with E-state index in [1.807, 2.05) is 17.4 Å². The fourth-order valence-corrected chi connectivity index (χ4v) is 5.14. The van der Waals surface area contributed by atoms with E-state index < -0.39 is 42.6 Å². The molecule has 0 saturated heterocycles. The van der Waals surface area contributed by atoms with E-state index in [4.69, 9.17) is 0 Å². The molecule has 228 valence electrons. The quantitative estimate of drug-likeness (QED) is 0.248. The second-order valence-corrected chi connectivity index (χ2v) is 10.6. The Morgan fingerprint density at radius 3 is 2.51 bits per heavy atom. The predicted molar refractivity (Wildman–Crippen MR) is 149 cm³/mol. The van der Waals surface area contributed by atoms with Crippen molar-refractivity contribution in [3.8, 4) is 11.8 Å². The molecule has 1 aromatic heterocycles. The minimum atomic E-state index is -4.73. The Morgan fingerprint density at radius 1 is 1.14 bits per heavy atom. The molecule has 0 radical (unpaired) electrons. The molecule has 0 atom stereocenters. The number of H-pyrrole nitrogens is 1. The topological polar surface area (TPSA) is 103 Å². The highest BCUT2D eigenvalue weighted by Gasteiger charge is 2.41. The number of hydrogen-bond acceptors (Lipinski definition) is 5. The van der Waals surface area contributed by atoms with Gasteiger partial charge in [-0.3, -0.25) is 14.7 Å². The van der Waals surface area contributed by atoms with Crippen LogP contribution in [-0.2, 0) is 24.1 Å². The van der Waals surface area contributed by atoms with Crippen LogP contribution < -0.4 is 15.5 Å². The normalized spacial score (nSPS) is 17.7. The molecule has 2 aromatic carbocycles. The number of rotatable bonds is 8. The maximum absolute atomic E-state index is 14.1. The Morgan fingerprint density at radius 2 is 1.91 bits per heavy atom. The van der Waals surface area contributed by atoms with Gasteiger partial charge in [0.2, 0.25) is 0 Å². The molecule has 0 unspecified atom stereocenters. The molecule has 1 saturated carbocycles. The molecule has 1 aliphatic heterocycles. The van der Waals surface area contributed by atoms with Gasteiger partial charge in [0.05, 0.1) is 25.2 Å². The number of nitrogens with one attached hydrogen (secondary N) is 3. The molecule has 43 heavy (non-hydrogen) atoms. The van der Waals surface area contributed by atoms with Crippen LogP contribution in [0.25, 0.3) is 0 Å². The summed E-state index contributed by atoms with van der Waals surface area (Å²) in [7, 11) is 0. The average molecular weight is 603 g/mol. The van der Waals surface area contributed by atoms with E-state index in [-0.39, 0.29) is 29.8 Å². The van der Waals surface area contributed by atoms with E-state index in [9.17, 15) is 31.5 Å². The van der Waals surface area contributed by atoms with Crippen molar-refractivity contribution < 1.29 is 31.5 Å². The standard InChI is InChI=1S/C28H28F5N3O2.C2H3N3/c1-3-5-25(37)35-16-27(29,30)15-34-13-18-10-22-23(24(11-18)28(31,32)33)14-36(26(22)38)21-7-4-6-19(12-21)20-8-17(2)9-20;1-3-2-5-4-1/h4,6-7,10-12,17,20,34H,8-9,13-16H2,1-2H3,(H,35,37);1-2H,(H,3,4,5). The molecule has 3 N–H and O–H groups in total. The van der Waals surface area contributed by atoms with Crippen molar-refractivity contribution in [1.82, 2.24) is 25.8 Å². The third-order valence-electron chi connectivity index (χ3n) is 7.22. The van der Waals surface area contributed by atoms with Gasteiger partial charge in [-0.25, -0.2) is 13.8 Å². The molecule has 8 nitrogen and oxygen atoms in total. The monoisotopic (exact) mass is 602 g/mol. The van der Waals surface area contributed by atoms with Gasteiger partial charge in [0.15, 0.2) is 0 Å². The highest BCUT2D eigenvalue weighted by Crippen LogP contribution is 2.43. The lowest BCUT2D eigenvalue weighted by atomic mass is 9.72. The number of carbonyl (C=O) groups excluding carboxylic acids is 2. The van der Waals surface area contributed by atoms with Crippen molar-refractivity contribution in [2.45, 2.75) is 57.8 Å². The summed E-state index contributed by atoms with van der Waals surface area (Å²) in [5.41, 5.74) is 0.481. The number of alkyl halides is 5. The fraction of sp³-hybridized carbons (Fsp3) is 0.400. The summed E-state index contributed by atoms with van der Waals surface area (Å²) in [6.45, 7) is 1.14. The number of halogens is 5. The van der Waals surface area contributed by atoms with E-state index in [2.05, 4.69) is 39.3 Å². The Kier molecular flexibility index (Phi) is 9.80. The first-order valence-electron chi connectivity index (χ1n) is 13.6. The van der Waals surface area contributed by atoms with Crippen LogP contribution in [0.1, 0.15) is 65.2 Å². The van der Waals surface area contributed by atoms with E-state index >= 15 is 0 Å². The SMILES string of the molecule is CC#CC(=O)NCC(F)(F)CNCc1cc2c(c(C(F)(F)F)c1)CN(c1cccc(C3CC(C)C3)c1)C2=O.c1nc[nH]n1. The first-order chi connectivity index (χ1) is 20.4. The van der Waals surface area contributed by atoms with Gasteiger partial charge >= 0.3 is 6.18 Å². The van der Waals surface area contributed by atoms with Gasteiger partial charge in [0.1, 0.15) is 12.7 Å². The third kappa shape index (κ3) is 8.16. The minimum Gasteiger partial charge on any atom is -0.339 e. The highest BCUT2D eigenvalue weighted by atomic mass is 19.4. The number of carbonyl (C=O) groups is 2. The van der Waals surface area contributed by atoms with Crippen LogP contribution in [0.15, 0.2) is 49.1 Å². The number of benzene rings is 2. The lowest BCUT2D eigenvalue weighted by Gasteiger charge is -2.33. The number of aromatic amines is 1. The fourth-order valence-electron chi connectivity index (χ4n) is 5.14. The van der Waals surface area contributed by atoms with Crippen molar-refractivity contribution in [3.05, 3.63) is 76.9 Å². The lowest BCUT2D eigenvalue weighted by molar-refractivity contribution is -0.138. The third-order valence-corrected chi connectivity index (χ3v) is 7.22. The Labute approximate surface area is 245 Å². The van der Waals surface area contributed by atoms with Gasteiger partial charge in [-0.1, -0.05) is 25.0 Å². The van der Waals surface area contributed by atoms with Gasteiger partial charge in [-0.05, 0) is 78.5 Å². The van der Waals surface area contributed by atoms with Crippen LogP contribution in [0.4, 0.5) is 27.6 Å². The molecule has 2 amide bonds. The van der Waals surface area contributed by atoms with E-state index in [0.717, 1.165) is 24.5 Å². The van der Waals surface area contributed by atoms with Crippen LogP contribution >= 0.6 is 0 Å². The second-order valence-electron chi connectivity index (χ2n) is 10.6. The number of aromatic nitrogens is 3. The summed E-state index contributed by atoms with van der Waals surface area (Å²) in [6, 6.07) is 9.57. The van der Waals surface area contributed by atoms with Gasteiger partial charge in [0, 0.05) is 17.8 Å². The summed E-state index contributed by atoms with van der Waals surface area (Å²) in [5.74, 6) is 0.606. The molecule has 2 aliphatic rings. The van der Waals surface area contributed by atoms with Gasteiger partial charge in [-0.15, -0.1) is 0 Å². The number of fused-ring (bicyclic) bond motifs is 1. The summed E-state index contributed by atoms with van der Waals surface area (Å²) in [6.07, 6.45) is 0.295. The van der Waals surface area contributed by atoms with Crippen LogP contribution in [0, 0.1) is 17.8 Å². The number of nitrogens with zero attached hydrogens (tertiary/aromatic N) is 3. The van der Waals surface area contributed by atoms with Gasteiger partial charge < -0.3 is 15.5 Å². The molecule has 0 bridgehead atoms. The first kappa shape index (κ1) is 31.6. The predicted octanol–water partition coefficient (Wildman–Crippen LogP) is 5.05. The molecule has 3 aromatic rings. The Balaban J connectivity index is 0.000000767. The van der Waals surface area contributed by atoms with E-state index in [0.29, 0.717) is 17.5 Å².